The zero-order valence-electron chi connectivity index (χ0n) is 11.4. The lowest BCUT2D eigenvalue weighted by atomic mass is 10.2. The molecule has 0 spiro atoms. The number of pyridine rings is 1. The lowest BCUT2D eigenvalue weighted by molar-refractivity contribution is 0.415. The molecule has 104 valence electrons. The number of hydrogen-bond acceptors (Lipinski definition) is 6. The third-order valence-corrected chi connectivity index (χ3v) is 4.18. The minimum atomic E-state index is 0.776. The average Bonchev–Trinajstić information content (AvgIpc) is 3.09. The van der Waals surface area contributed by atoms with Gasteiger partial charge < -0.3 is 4.74 Å². The Hall–Kier alpha value is -2.54. The van der Waals surface area contributed by atoms with Gasteiger partial charge in [0.1, 0.15) is 11.4 Å². The zero-order valence-corrected chi connectivity index (χ0v) is 12.3. The van der Waals surface area contributed by atoms with Crippen LogP contribution in [0.3, 0.4) is 0 Å². The summed E-state index contributed by atoms with van der Waals surface area (Å²) in [4.78, 5) is 5.43. The van der Waals surface area contributed by atoms with Crippen LogP contribution >= 0.6 is 11.3 Å². The Morgan fingerprint density at radius 2 is 2.05 bits per heavy atom. The highest BCUT2D eigenvalue weighted by Crippen LogP contribution is 2.27. The molecular formula is C14H11N5OS. The molecule has 0 N–H and O–H groups in total. The van der Waals surface area contributed by atoms with Gasteiger partial charge in [0.25, 0.3) is 0 Å². The van der Waals surface area contributed by atoms with Crippen LogP contribution in [-0.2, 0) is 0 Å². The molecule has 0 saturated carbocycles. The van der Waals surface area contributed by atoms with E-state index in [9.17, 15) is 0 Å². The van der Waals surface area contributed by atoms with E-state index in [1.54, 1.807) is 11.6 Å². The summed E-state index contributed by atoms with van der Waals surface area (Å²) >= 11 is 1.48. The first-order valence-electron chi connectivity index (χ1n) is 6.38. The fourth-order valence-corrected chi connectivity index (χ4v) is 3.02. The lowest BCUT2D eigenvalue weighted by Crippen LogP contribution is -1.90. The number of ether oxygens (including phenoxy) is 1. The minimum absolute atomic E-state index is 0.776. The predicted octanol–water partition coefficient (Wildman–Crippen LogP) is 2.72. The highest BCUT2D eigenvalue weighted by atomic mass is 32.1. The maximum absolute atomic E-state index is 5.22. The number of rotatable bonds is 2. The third kappa shape index (κ3) is 1.93. The summed E-state index contributed by atoms with van der Waals surface area (Å²) in [5, 5.41) is 14.4. The summed E-state index contributed by atoms with van der Waals surface area (Å²) in [5.74, 6) is 1.60. The molecule has 0 fully saturated rings. The molecule has 4 aromatic rings. The van der Waals surface area contributed by atoms with Gasteiger partial charge in [0.15, 0.2) is 10.8 Å². The number of benzene rings is 1. The van der Waals surface area contributed by atoms with E-state index in [4.69, 9.17) is 4.74 Å². The molecule has 3 aromatic heterocycles. The minimum Gasteiger partial charge on any atom is -0.497 e. The quantitative estimate of drug-likeness (QED) is 0.569. The molecule has 7 heteroatoms. The Morgan fingerprint density at radius 1 is 1.14 bits per heavy atom. The van der Waals surface area contributed by atoms with E-state index in [2.05, 4.69) is 20.3 Å². The van der Waals surface area contributed by atoms with Gasteiger partial charge in [0.05, 0.1) is 12.6 Å². The van der Waals surface area contributed by atoms with E-state index >= 15 is 0 Å². The monoisotopic (exact) mass is 297 g/mol. The molecule has 0 bridgehead atoms. The Kier molecular flexibility index (Phi) is 2.61. The fraction of sp³-hybridized carbons (Fsp3) is 0.143. The molecule has 3 heterocycles. The first kappa shape index (κ1) is 12.2. The fourth-order valence-electron chi connectivity index (χ4n) is 2.17. The summed E-state index contributed by atoms with van der Waals surface area (Å²) < 4.78 is 6.96. The van der Waals surface area contributed by atoms with Gasteiger partial charge in [-0.3, -0.25) is 0 Å². The summed E-state index contributed by atoms with van der Waals surface area (Å²) in [6.45, 7) is 1.88. The summed E-state index contributed by atoms with van der Waals surface area (Å²) in [6.07, 6.45) is 0. The predicted molar refractivity (Wildman–Crippen MR) is 80.7 cm³/mol. The van der Waals surface area contributed by atoms with Crippen molar-refractivity contribution in [2.24, 2.45) is 0 Å². The van der Waals surface area contributed by atoms with Crippen LogP contribution in [0.5, 0.6) is 5.75 Å². The Morgan fingerprint density at radius 3 is 2.86 bits per heavy atom. The molecular weight excluding hydrogens is 286 g/mol. The van der Waals surface area contributed by atoms with Crippen LogP contribution in [0.1, 0.15) is 5.82 Å². The number of nitrogens with zero attached hydrogens (tertiary/aromatic N) is 5. The summed E-state index contributed by atoms with van der Waals surface area (Å²) in [6, 6.07) is 9.80. The topological polar surface area (TPSA) is 65.2 Å². The maximum Gasteiger partial charge on any atom is 0.235 e. The molecule has 4 rings (SSSR count). The van der Waals surface area contributed by atoms with E-state index in [1.165, 1.54) is 11.3 Å². The van der Waals surface area contributed by atoms with E-state index in [0.717, 1.165) is 38.1 Å². The SMILES string of the molecule is COc1ccc2nc(-c3nn4c(C)nnc4s3)ccc2c1. The Balaban J connectivity index is 1.85. The molecule has 1 aromatic carbocycles. The van der Waals surface area contributed by atoms with E-state index in [1.807, 2.05) is 37.3 Å². The van der Waals surface area contributed by atoms with Gasteiger partial charge in [-0.15, -0.1) is 10.2 Å². The Labute approximate surface area is 124 Å². The molecule has 0 unspecified atom stereocenters. The summed E-state index contributed by atoms with van der Waals surface area (Å²) in [7, 11) is 1.66. The molecule has 0 saturated heterocycles. The third-order valence-electron chi connectivity index (χ3n) is 3.26. The number of hydrogen-bond donors (Lipinski definition) is 0. The second-order valence-electron chi connectivity index (χ2n) is 4.60. The molecule has 0 aliphatic rings. The van der Waals surface area contributed by atoms with E-state index < -0.39 is 0 Å². The summed E-state index contributed by atoms with van der Waals surface area (Å²) in [5.41, 5.74) is 1.75. The number of fused-ring (bicyclic) bond motifs is 2. The van der Waals surface area contributed by atoms with Crippen LogP contribution in [0.25, 0.3) is 26.6 Å². The van der Waals surface area contributed by atoms with Crippen molar-refractivity contribution in [3.05, 3.63) is 36.2 Å². The first-order chi connectivity index (χ1) is 10.2. The molecule has 0 radical (unpaired) electrons. The van der Waals surface area contributed by atoms with Gasteiger partial charge in [-0.25, -0.2) is 4.98 Å². The van der Waals surface area contributed by atoms with Crippen molar-refractivity contribution in [3.8, 4) is 16.5 Å². The van der Waals surface area contributed by atoms with Gasteiger partial charge in [-0.1, -0.05) is 17.4 Å². The average molecular weight is 297 g/mol. The lowest BCUT2D eigenvalue weighted by Gasteiger charge is -2.03. The molecule has 0 amide bonds. The molecule has 21 heavy (non-hydrogen) atoms. The van der Waals surface area contributed by atoms with Crippen LogP contribution in [0.15, 0.2) is 30.3 Å². The second kappa shape index (κ2) is 4.49. The molecule has 0 aliphatic carbocycles. The van der Waals surface area contributed by atoms with Crippen LogP contribution in [0.4, 0.5) is 0 Å². The van der Waals surface area contributed by atoms with Crippen LogP contribution in [0.2, 0.25) is 0 Å². The van der Waals surface area contributed by atoms with Gasteiger partial charge in [0, 0.05) is 5.39 Å². The second-order valence-corrected chi connectivity index (χ2v) is 5.56. The van der Waals surface area contributed by atoms with Crippen molar-refractivity contribution in [1.29, 1.82) is 0 Å². The number of methoxy groups -OCH3 is 1. The largest absolute Gasteiger partial charge is 0.497 e. The zero-order chi connectivity index (χ0) is 14.4. The van der Waals surface area contributed by atoms with Crippen molar-refractivity contribution in [2.45, 2.75) is 6.92 Å². The van der Waals surface area contributed by atoms with Crippen LogP contribution in [-0.4, -0.2) is 31.9 Å². The van der Waals surface area contributed by atoms with Gasteiger partial charge in [-0.2, -0.15) is 9.61 Å². The number of aromatic nitrogens is 5. The molecule has 0 aliphatic heterocycles. The highest BCUT2D eigenvalue weighted by molar-refractivity contribution is 7.19. The van der Waals surface area contributed by atoms with Gasteiger partial charge in [0.2, 0.25) is 4.96 Å². The van der Waals surface area contributed by atoms with Crippen molar-refractivity contribution >= 4 is 27.2 Å². The van der Waals surface area contributed by atoms with Crippen molar-refractivity contribution in [2.75, 3.05) is 7.11 Å². The Bertz CT molecular complexity index is 958. The standard InChI is InChI=1S/C14H11N5OS/c1-8-16-17-14-19(8)18-13(21-14)12-5-3-9-7-10(20-2)4-6-11(9)15-12/h3-7H,1-2H3. The van der Waals surface area contributed by atoms with Crippen molar-refractivity contribution in [1.82, 2.24) is 24.8 Å². The molecule has 0 atom stereocenters. The molecule has 6 nitrogen and oxygen atoms in total. The normalized spacial score (nSPS) is 11.3. The smallest absolute Gasteiger partial charge is 0.235 e. The van der Waals surface area contributed by atoms with E-state index in [-0.39, 0.29) is 0 Å². The van der Waals surface area contributed by atoms with E-state index in [0.29, 0.717) is 0 Å². The maximum atomic E-state index is 5.22. The van der Waals surface area contributed by atoms with Gasteiger partial charge >= 0.3 is 0 Å². The first-order valence-corrected chi connectivity index (χ1v) is 7.20. The van der Waals surface area contributed by atoms with Crippen LogP contribution < -0.4 is 4.74 Å². The highest BCUT2D eigenvalue weighted by Gasteiger charge is 2.12. The number of aryl methyl sites for hydroxylation is 1. The van der Waals surface area contributed by atoms with Gasteiger partial charge in [-0.05, 0) is 31.2 Å². The van der Waals surface area contributed by atoms with Crippen molar-refractivity contribution < 1.29 is 4.74 Å². The van der Waals surface area contributed by atoms with Crippen LogP contribution in [0, 0.1) is 6.92 Å². The van der Waals surface area contributed by atoms with Crippen molar-refractivity contribution in [3.63, 3.8) is 0 Å².